The van der Waals surface area contributed by atoms with Crippen molar-refractivity contribution >= 4 is 28.8 Å². The number of esters is 1. The van der Waals surface area contributed by atoms with E-state index in [4.69, 9.17) is 14.2 Å². The SMILES string of the molecule is CCOc1ccc([C@@H]2C(C(=O)OCc3ccccc3)=C(C)N=C3S[C@H](CC)C(=O)N32)cc1OCC. The van der Waals surface area contributed by atoms with Gasteiger partial charge in [-0.2, -0.15) is 0 Å². The zero-order chi connectivity index (χ0) is 24.9. The van der Waals surface area contributed by atoms with Gasteiger partial charge < -0.3 is 14.2 Å². The number of nitrogens with zero attached hydrogens (tertiary/aromatic N) is 2. The van der Waals surface area contributed by atoms with Crippen molar-refractivity contribution in [2.75, 3.05) is 13.2 Å². The Labute approximate surface area is 210 Å². The van der Waals surface area contributed by atoms with Crippen molar-refractivity contribution in [1.29, 1.82) is 0 Å². The summed E-state index contributed by atoms with van der Waals surface area (Å²) in [6.45, 7) is 8.66. The number of hydrogen-bond acceptors (Lipinski definition) is 7. The van der Waals surface area contributed by atoms with E-state index in [0.717, 1.165) is 11.1 Å². The maximum Gasteiger partial charge on any atom is 0.338 e. The van der Waals surface area contributed by atoms with Gasteiger partial charge in [0, 0.05) is 0 Å². The molecule has 7 nitrogen and oxygen atoms in total. The van der Waals surface area contributed by atoms with Crippen molar-refractivity contribution in [1.82, 2.24) is 4.90 Å². The van der Waals surface area contributed by atoms with E-state index in [9.17, 15) is 9.59 Å². The molecule has 35 heavy (non-hydrogen) atoms. The maximum absolute atomic E-state index is 13.4. The summed E-state index contributed by atoms with van der Waals surface area (Å²) in [5.74, 6) is 0.625. The normalized spacial score (nSPS) is 19.4. The topological polar surface area (TPSA) is 77.4 Å². The van der Waals surface area contributed by atoms with Crippen molar-refractivity contribution in [3.8, 4) is 11.5 Å². The highest BCUT2D eigenvalue weighted by Gasteiger charge is 2.47. The van der Waals surface area contributed by atoms with Gasteiger partial charge in [-0.05, 0) is 50.5 Å². The Hall–Kier alpha value is -3.26. The van der Waals surface area contributed by atoms with Gasteiger partial charge in [0.25, 0.3) is 0 Å². The van der Waals surface area contributed by atoms with Crippen molar-refractivity contribution in [3.63, 3.8) is 0 Å². The summed E-state index contributed by atoms with van der Waals surface area (Å²) >= 11 is 1.44. The number of ether oxygens (including phenoxy) is 3. The van der Waals surface area contributed by atoms with Crippen LogP contribution in [0.5, 0.6) is 11.5 Å². The van der Waals surface area contributed by atoms with Gasteiger partial charge in [-0.1, -0.05) is 55.1 Å². The second kappa shape index (κ2) is 11.0. The van der Waals surface area contributed by atoms with Crippen LogP contribution in [-0.2, 0) is 20.9 Å². The van der Waals surface area contributed by atoms with E-state index < -0.39 is 12.0 Å². The van der Waals surface area contributed by atoms with E-state index in [-0.39, 0.29) is 17.8 Å². The lowest BCUT2D eigenvalue weighted by atomic mass is 9.93. The molecule has 0 spiro atoms. The molecule has 0 radical (unpaired) electrons. The van der Waals surface area contributed by atoms with Crippen LogP contribution in [0.3, 0.4) is 0 Å². The first-order valence-electron chi connectivity index (χ1n) is 11.9. The van der Waals surface area contributed by atoms with Crippen molar-refractivity contribution in [2.24, 2.45) is 4.99 Å². The smallest absolute Gasteiger partial charge is 0.338 e. The van der Waals surface area contributed by atoms with Crippen LogP contribution in [-0.4, -0.2) is 40.4 Å². The molecule has 0 saturated carbocycles. The van der Waals surface area contributed by atoms with E-state index in [1.54, 1.807) is 11.8 Å². The molecule has 0 bridgehead atoms. The van der Waals surface area contributed by atoms with Crippen LogP contribution in [0, 0.1) is 0 Å². The van der Waals surface area contributed by atoms with Gasteiger partial charge >= 0.3 is 5.97 Å². The summed E-state index contributed by atoms with van der Waals surface area (Å²) in [5, 5.41) is 0.369. The molecule has 1 fully saturated rings. The molecule has 0 aromatic heterocycles. The highest BCUT2D eigenvalue weighted by molar-refractivity contribution is 8.15. The fourth-order valence-electron chi connectivity index (χ4n) is 4.20. The van der Waals surface area contributed by atoms with Gasteiger partial charge in [0.15, 0.2) is 16.7 Å². The lowest BCUT2D eigenvalue weighted by molar-refractivity contribution is -0.141. The van der Waals surface area contributed by atoms with Gasteiger partial charge in [-0.3, -0.25) is 9.69 Å². The number of carbonyl (C=O) groups is 2. The minimum absolute atomic E-state index is 0.0612. The molecule has 2 aliphatic heterocycles. The Morgan fingerprint density at radius 1 is 1.03 bits per heavy atom. The van der Waals surface area contributed by atoms with Gasteiger partial charge in [-0.25, -0.2) is 9.79 Å². The lowest BCUT2D eigenvalue weighted by Crippen LogP contribution is -2.40. The van der Waals surface area contributed by atoms with E-state index >= 15 is 0 Å². The van der Waals surface area contributed by atoms with Crippen LogP contribution in [0.1, 0.15) is 51.3 Å². The molecular weight excluding hydrogens is 464 g/mol. The first-order valence-corrected chi connectivity index (χ1v) is 12.8. The Balaban J connectivity index is 1.75. The molecule has 4 rings (SSSR count). The molecule has 8 heteroatoms. The molecule has 0 aliphatic carbocycles. The van der Waals surface area contributed by atoms with Crippen LogP contribution < -0.4 is 9.47 Å². The van der Waals surface area contributed by atoms with Gasteiger partial charge in [0.1, 0.15) is 6.61 Å². The average Bonchev–Trinajstić information content (AvgIpc) is 3.18. The molecule has 0 unspecified atom stereocenters. The van der Waals surface area contributed by atoms with Gasteiger partial charge in [-0.15, -0.1) is 0 Å². The summed E-state index contributed by atoms with van der Waals surface area (Å²) in [6.07, 6.45) is 0.673. The highest BCUT2D eigenvalue weighted by Crippen LogP contribution is 2.45. The monoisotopic (exact) mass is 494 g/mol. The molecule has 2 aromatic carbocycles. The van der Waals surface area contributed by atoms with E-state index in [1.807, 2.05) is 69.3 Å². The van der Waals surface area contributed by atoms with Crippen molar-refractivity contribution < 1.29 is 23.8 Å². The molecule has 2 aromatic rings. The second-order valence-electron chi connectivity index (χ2n) is 8.15. The predicted octanol–water partition coefficient (Wildman–Crippen LogP) is 5.27. The number of thioether (sulfide) groups is 1. The Bertz CT molecular complexity index is 1160. The first kappa shape index (κ1) is 24.9. The third-order valence-corrected chi connectivity index (χ3v) is 7.16. The van der Waals surface area contributed by atoms with E-state index in [2.05, 4.69) is 4.99 Å². The maximum atomic E-state index is 13.4. The van der Waals surface area contributed by atoms with Crippen LogP contribution in [0.2, 0.25) is 0 Å². The number of fused-ring (bicyclic) bond motifs is 1. The summed E-state index contributed by atoms with van der Waals surface area (Å²) in [7, 11) is 0. The Kier molecular flexibility index (Phi) is 7.80. The number of hydrogen-bond donors (Lipinski definition) is 0. The molecule has 1 saturated heterocycles. The number of rotatable bonds is 9. The third-order valence-electron chi connectivity index (χ3n) is 5.84. The van der Waals surface area contributed by atoms with E-state index in [0.29, 0.717) is 47.6 Å². The standard InChI is InChI=1S/C27H30N2O5S/c1-5-22-25(30)29-24(19-13-14-20(32-6-2)21(15-19)33-7-3)23(17(4)28-27(29)35-22)26(31)34-16-18-11-9-8-10-12-18/h8-15,22,24H,5-7,16H2,1-4H3/t22-,24-/m1/s1. The fraction of sp³-hybridized carbons (Fsp3) is 0.370. The van der Waals surface area contributed by atoms with Crippen molar-refractivity contribution in [3.05, 3.63) is 70.9 Å². The molecule has 1 amide bonds. The Morgan fingerprint density at radius 2 is 1.74 bits per heavy atom. The van der Waals surface area contributed by atoms with Crippen LogP contribution in [0.15, 0.2) is 64.8 Å². The number of aliphatic imine (C=N–C) groups is 1. The largest absolute Gasteiger partial charge is 0.490 e. The molecule has 2 atom stereocenters. The summed E-state index contributed by atoms with van der Waals surface area (Å²) in [5.41, 5.74) is 2.51. The molecular formula is C27H30N2O5S. The fourth-order valence-corrected chi connectivity index (χ4v) is 5.34. The number of carbonyl (C=O) groups excluding carboxylic acids is 2. The number of allylic oxidation sites excluding steroid dienone is 1. The van der Waals surface area contributed by atoms with Gasteiger partial charge in [0.2, 0.25) is 5.91 Å². The minimum Gasteiger partial charge on any atom is -0.490 e. The summed E-state index contributed by atoms with van der Waals surface area (Å²) in [4.78, 5) is 33.1. The zero-order valence-corrected chi connectivity index (χ0v) is 21.3. The summed E-state index contributed by atoms with van der Waals surface area (Å²) in [6, 6.07) is 14.4. The number of amides is 1. The quantitative estimate of drug-likeness (QED) is 0.442. The average molecular weight is 495 g/mol. The van der Waals surface area contributed by atoms with Crippen LogP contribution in [0.4, 0.5) is 0 Å². The Morgan fingerprint density at radius 3 is 2.43 bits per heavy atom. The summed E-state index contributed by atoms with van der Waals surface area (Å²) < 4.78 is 17.3. The zero-order valence-electron chi connectivity index (χ0n) is 20.4. The third kappa shape index (κ3) is 5.07. The number of amidine groups is 1. The highest BCUT2D eigenvalue weighted by atomic mass is 32.2. The predicted molar refractivity (Wildman–Crippen MR) is 136 cm³/mol. The molecule has 184 valence electrons. The van der Waals surface area contributed by atoms with Gasteiger partial charge in [0.05, 0.1) is 35.8 Å². The van der Waals surface area contributed by atoms with E-state index in [1.165, 1.54) is 11.8 Å². The first-order chi connectivity index (χ1) is 17.0. The molecule has 0 N–H and O–H groups in total. The lowest BCUT2D eigenvalue weighted by Gasteiger charge is -2.33. The van der Waals surface area contributed by atoms with Crippen molar-refractivity contribution in [2.45, 2.75) is 52.0 Å². The van der Waals surface area contributed by atoms with Crippen LogP contribution in [0.25, 0.3) is 0 Å². The molecule has 2 aliphatic rings. The minimum atomic E-state index is -0.669. The number of benzene rings is 2. The molecule has 2 heterocycles. The van der Waals surface area contributed by atoms with Crippen LogP contribution >= 0.6 is 11.8 Å². The second-order valence-corrected chi connectivity index (χ2v) is 9.32.